The van der Waals surface area contributed by atoms with Gasteiger partial charge in [0, 0.05) is 42.6 Å². The second kappa shape index (κ2) is 7.75. The molecule has 0 atom stereocenters. The normalized spacial score (nSPS) is 9.74. The molecule has 0 spiro atoms. The molecule has 2 aromatic rings. The van der Waals surface area contributed by atoms with Crippen LogP contribution in [0.2, 0.25) is 0 Å². The van der Waals surface area contributed by atoms with E-state index in [9.17, 15) is 0 Å². The zero-order valence-corrected chi connectivity index (χ0v) is 13.1. The monoisotopic (exact) mass is 304 g/mol. The maximum Gasteiger partial charge on any atom is 0.136 e. The quantitative estimate of drug-likeness (QED) is 0.729. The van der Waals surface area contributed by atoms with Crippen molar-refractivity contribution < 1.29 is 0 Å². The number of rotatable bonds is 8. The Morgan fingerprint density at radius 2 is 1.09 bits per heavy atom. The lowest BCUT2D eigenvalue weighted by Crippen LogP contribution is -2.10. The van der Waals surface area contributed by atoms with Crippen LogP contribution in [0.3, 0.4) is 0 Å². The molecular formula is C19H20N4. The minimum atomic E-state index is 0.631. The fraction of sp³-hybridized carbons (Fsp3) is 0.0526. The molecule has 2 heterocycles. The lowest BCUT2D eigenvalue weighted by Gasteiger charge is -2.15. The Hall–Kier alpha value is -3.14. The maximum absolute atomic E-state index is 4.61. The van der Waals surface area contributed by atoms with Crippen molar-refractivity contribution in [3.05, 3.63) is 98.9 Å². The molecule has 2 rings (SSSR count). The van der Waals surface area contributed by atoms with Crippen LogP contribution in [0, 0.1) is 0 Å². The number of hydrogen-bond donors (Lipinski definition) is 0. The van der Waals surface area contributed by atoms with E-state index in [1.165, 1.54) is 0 Å². The summed E-state index contributed by atoms with van der Waals surface area (Å²) in [6.07, 6.45) is 7.31. The van der Waals surface area contributed by atoms with E-state index in [2.05, 4.69) is 36.3 Å². The van der Waals surface area contributed by atoms with Crippen molar-refractivity contribution in [2.45, 2.75) is 6.42 Å². The van der Waals surface area contributed by atoms with Crippen molar-refractivity contribution in [3.63, 3.8) is 0 Å². The molecule has 0 saturated carbocycles. The third-order valence-corrected chi connectivity index (χ3v) is 3.26. The summed E-state index contributed by atoms with van der Waals surface area (Å²) in [5.74, 6) is 1.56. The molecule has 23 heavy (non-hydrogen) atoms. The van der Waals surface area contributed by atoms with Crippen LogP contribution in [0.1, 0.15) is 11.4 Å². The summed E-state index contributed by atoms with van der Waals surface area (Å²) in [5, 5.41) is 0. The van der Waals surface area contributed by atoms with Gasteiger partial charge in [0.1, 0.15) is 11.6 Å². The molecule has 4 heteroatoms. The summed E-state index contributed by atoms with van der Waals surface area (Å²) >= 11 is 0. The van der Waals surface area contributed by atoms with Gasteiger partial charge in [0.05, 0.1) is 0 Å². The fourth-order valence-electron chi connectivity index (χ4n) is 2.13. The molecule has 4 nitrogen and oxygen atoms in total. The first kappa shape index (κ1) is 16.2. The molecule has 116 valence electrons. The van der Waals surface area contributed by atoms with Gasteiger partial charge in [-0.05, 0) is 24.3 Å². The van der Waals surface area contributed by atoms with Gasteiger partial charge in [-0.3, -0.25) is 0 Å². The van der Waals surface area contributed by atoms with E-state index in [-0.39, 0.29) is 0 Å². The topological polar surface area (TPSA) is 32.3 Å². The molecule has 0 unspecified atom stereocenters. The maximum atomic E-state index is 4.61. The zero-order valence-electron chi connectivity index (χ0n) is 13.1. The van der Waals surface area contributed by atoms with Gasteiger partial charge in [-0.2, -0.15) is 0 Å². The van der Waals surface area contributed by atoms with E-state index in [4.69, 9.17) is 0 Å². The molecule has 0 aliphatic carbocycles. The van der Waals surface area contributed by atoms with Gasteiger partial charge in [-0.1, -0.05) is 38.4 Å². The van der Waals surface area contributed by atoms with Crippen molar-refractivity contribution in [2.24, 2.45) is 0 Å². The van der Waals surface area contributed by atoms with Gasteiger partial charge in [0.25, 0.3) is 0 Å². The lowest BCUT2D eigenvalue weighted by atomic mass is 10.2. The van der Waals surface area contributed by atoms with Gasteiger partial charge in [-0.25, -0.2) is 9.97 Å². The minimum Gasteiger partial charge on any atom is -0.310 e. The number of aromatic nitrogens is 2. The smallest absolute Gasteiger partial charge is 0.136 e. The average molecular weight is 304 g/mol. The molecule has 0 aromatic carbocycles. The summed E-state index contributed by atoms with van der Waals surface area (Å²) in [7, 11) is 0. The second-order valence-electron chi connectivity index (χ2n) is 4.70. The Balaban J connectivity index is 2.25. The third-order valence-electron chi connectivity index (χ3n) is 3.26. The van der Waals surface area contributed by atoms with Crippen molar-refractivity contribution in [2.75, 3.05) is 9.80 Å². The summed E-state index contributed by atoms with van der Waals surface area (Å²) in [5.41, 5.74) is 1.84. The largest absolute Gasteiger partial charge is 0.310 e. The first-order chi connectivity index (χ1) is 11.2. The second-order valence-corrected chi connectivity index (χ2v) is 4.70. The van der Waals surface area contributed by atoms with Gasteiger partial charge in [0.2, 0.25) is 0 Å². The van der Waals surface area contributed by atoms with Gasteiger partial charge < -0.3 is 9.80 Å². The highest BCUT2D eigenvalue weighted by Gasteiger charge is 2.06. The minimum absolute atomic E-state index is 0.631. The molecule has 0 fully saturated rings. The van der Waals surface area contributed by atoms with Crippen LogP contribution < -0.4 is 9.80 Å². The highest BCUT2D eigenvalue weighted by molar-refractivity contribution is 5.47. The van der Waals surface area contributed by atoms with Crippen LogP contribution in [-0.4, -0.2) is 9.97 Å². The molecule has 0 N–H and O–H groups in total. The predicted octanol–water partition coefficient (Wildman–Crippen LogP) is 4.25. The Morgan fingerprint density at radius 3 is 1.43 bits per heavy atom. The van der Waals surface area contributed by atoms with Crippen molar-refractivity contribution in [1.82, 2.24) is 9.97 Å². The van der Waals surface area contributed by atoms with Gasteiger partial charge in [-0.15, -0.1) is 0 Å². The highest BCUT2D eigenvalue weighted by Crippen LogP contribution is 2.16. The summed E-state index contributed by atoms with van der Waals surface area (Å²) < 4.78 is 0. The van der Waals surface area contributed by atoms with Crippen LogP contribution in [-0.2, 0) is 6.42 Å². The molecule has 0 bridgehead atoms. The molecule has 2 aromatic heterocycles. The first-order valence-corrected chi connectivity index (χ1v) is 7.20. The molecule has 0 saturated heterocycles. The van der Waals surface area contributed by atoms with E-state index in [1.54, 1.807) is 34.6 Å². The average Bonchev–Trinajstić information content (AvgIpc) is 2.58. The number of hydrogen-bond acceptors (Lipinski definition) is 4. The van der Waals surface area contributed by atoms with Crippen molar-refractivity contribution >= 4 is 11.6 Å². The van der Waals surface area contributed by atoms with Crippen molar-refractivity contribution in [1.29, 1.82) is 0 Å². The Morgan fingerprint density at radius 1 is 0.696 bits per heavy atom. The van der Waals surface area contributed by atoms with E-state index >= 15 is 0 Å². The molecule has 0 radical (unpaired) electrons. The zero-order chi connectivity index (χ0) is 16.7. The van der Waals surface area contributed by atoms with Gasteiger partial charge >= 0.3 is 0 Å². The van der Waals surface area contributed by atoms with E-state index in [0.29, 0.717) is 6.42 Å². The lowest BCUT2D eigenvalue weighted by molar-refractivity contribution is 0.993. The molecule has 0 aliphatic heterocycles. The van der Waals surface area contributed by atoms with E-state index in [1.807, 2.05) is 36.4 Å². The number of anilines is 2. The summed E-state index contributed by atoms with van der Waals surface area (Å²) in [6.45, 7) is 15.0. The Bertz CT molecular complexity index is 643. The first-order valence-electron chi connectivity index (χ1n) is 7.20. The fourth-order valence-corrected chi connectivity index (χ4v) is 2.13. The highest BCUT2D eigenvalue weighted by atomic mass is 15.2. The van der Waals surface area contributed by atoms with Gasteiger partial charge in [0.15, 0.2) is 0 Å². The van der Waals surface area contributed by atoms with Crippen LogP contribution in [0.5, 0.6) is 0 Å². The number of pyridine rings is 2. The van der Waals surface area contributed by atoms with E-state index in [0.717, 1.165) is 23.0 Å². The third kappa shape index (κ3) is 3.95. The van der Waals surface area contributed by atoms with Crippen LogP contribution in [0.4, 0.5) is 11.6 Å². The molecule has 0 aliphatic rings. The van der Waals surface area contributed by atoms with Crippen molar-refractivity contribution in [3.8, 4) is 0 Å². The summed E-state index contributed by atoms with van der Waals surface area (Å²) in [4.78, 5) is 12.8. The Kier molecular flexibility index (Phi) is 5.47. The van der Waals surface area contributed by atoms with Crippen LogP contribution in [0.15, 0.2) is 87.5 Å². The number of nitrogens with zero attached hydrogens (tertiary/aromatic N) is 4. The van der Waals surface area contributed by atoms with Crippen LogP contribution in [0.25, 0.3) is 0 Å². The predicted molar refractivity (Wildman–Crippen MR) is 97.0 cm³/mol. The van der Waals surface area contributed by atoms with Crippen LogP contribution >= 0.6 is 0 Å². The Labute approximate surface area is 137 Å². The summed E-state index contributed by atoms with van der Waals surface area (Å²) in [6, 6.07) is 11.7. The van der Waals surface area contributed by atoms with E-state index < -0.39 is 0 Å². The molecular weight excluding hydrogens is 284 g/mol. The standard InChI is InChI=1S/C19H20N4/c1-5-22(6-2)18-13-9-11-16(20-18)15-17-12-10-14-19(21-17)23(7-3)8-4/h5-14H,1-4,15H2. The SMILES string of the molecule is C=CN(C=C)c1cccc(Cc2cccc(N(C=C)C=C)n2)n1. The molecule has 0 amide bonds.